The van der Waals surface area contributed by atoms with Gasteiger partial charge in [0.1, 0.15) is 0 Å². The lowest BCUT2D eigenvalue weighted by molar-refractivity contribution is -0.156. The molecule has 0 amide bonds. The average Bonchev–Trinajstić information content (AvgIpc) is 2.33. The van der Waals surface area contributed by atoms with Gasteiger partial charge in [-0.1, -0.05) is 27.7 Å². The van der Waals surface area contributed by atoms with Crippen LogP contribution >= 0.6 is 0 Å². The van der Waals surface area contributed by atoms with Crippen LogP contribution in [-0.2, 0) is 0 Å². The van der Waals surface area contributed by atoms with Crippen LogP contribution in [0.1, 0.15) is 53.4 Å². The van der Waals surface area contributed by atoms with E-state index in [-0.39, 0.29) is 12.1 Å². The van der Waals surface area contributed by atoms with E-state index >= 15 is 0 Å². The molecule has 0 spiro atoms. The van der Waals surface area contributed by atoms with Gasteiger partial charge < -0.3 is 5.32 Å². The molecule has 0 aromatic heterocycles. The normalized spacial score (nSPS) is 30.9. The monoisotopic (exact) mass is 308 g/mol. The maximum absolute atomic E-state index is 12.9. The zero-order valence-electron chi connectivity index (χ0n) is 13.8. The van der Waals surface area contributed by atoms with Crippen molar-refractivity contribution in [3.63, 3.8) is 0 Å². The molecule has 0 aromatic rings. The Morgan fingerprint density at radius 3 is 2.29 bits per heavy atom. The van der Waals surface area contributed by atoms with Gasteiger partial charge in [-0.2, -0.15) is 13.2 Å². The van der Waals surface area contributed by atoms with Crippen LogP contribution in [0.15, 0.2) is 0 Å². The first-order valence-corrected chi connectivity index (χ1v) is 8.32. The molecule has 0 bridgehead atoms. The van der Waals surface area contributed by atoms with Gasteiger partial charge in [-0.15, -0.1) is 0 Å². The first-order chi connectivity index (χ1) is 9.78. The third kappa shape index (κ3) is 6.15. The maximum atomic E-state index is 12.9. The van der Waals surface area contributed by atoms with Gasteiger partial charge in [0.15, 0.2) is 0 Å². The van der Waals surface area contributed by atoms with E-state index in [4.69, 9.17) is 0 Å². The minimum atomic E-state index is -4.12. The molecule has 21 heavy (non-hydrogen) atoms. The largest absolute Gasteiger partial charge is 0.401 e. The van der Waals surface area contributed by atoms with Crippen LogP contribution in [0.3, 0.4) is 0 Å². The van der Waals surface area contributed by atoms with Crippen LogP contribution in [0.25, 0.3) is 0 Å². The molecular formula is C16H31F3N2. The highest BCUT2D eigenvalue weighted by Gasteiger charge is 2.41. The van der Waals surface area contributed by atoms with Gasteiger partial charge in [0, 0.05) is 12.1 Å². The van der Waals surface area contributed by atoms with Crippen LogP contribution in [-0.4, -0.2) is 42.8 Å². The molecule has 1 aliphatic rings. The second-order valence-corrected chi connectivity index (χ2v) is 6.69. The summed E-state index contributed by atoms with van der Waals surface area (Å²) >= 11 is 0. The number of halogens is 3. The molecule has 0 heterocycles. The van der Waals surface area contributed by atoms with Crippen LogP contribution in [0, 0.1) is 11.8 Å². The Kier molecular flexibility index (Phi) is 7.48. The highest BCUT2D eigenvalue weighted by atomic mass is 19.4. The molecule has 0 radical (unpaired) electrons. The second-order valence-electron chi connectivity index (χ2n) is 6.69. The van der Waals surface area contributed by atoms with Crippen molar-refractivity contribution in [3.05, 3.63) is 0 Å². The zero-order chi connectivity index (χ0) is 16.0. The molecule has 2 nitrogen and oxygen atoms in total. The van der Waals surface area contributed by atoms with Gasteiger partial charge in [-0.05, 0) is 50.6 Å². The van der Waals surface area contributed by atoms with E-state index in [1.165, 1.54) is 0 Å². The third-order valence-electron chi connectivity index (χ3n) is 4.40. The molecule has 0 aliphatic heterocycles. The molecular weight excluding hydrogens is 277 g/mol. The minimum absolute atomic E-state index is 0.00525. The molecule has 4 atom stereocenters. The Balaban J connectivity index is 2.86. The fourth-order valence-corrected chi connectivity index (χ4v) is 3.84. The summed E-state index contributed by atoms with van der Waals surface area (Å²) in [5, 5.41) is 3.50. The lowest BCUT2D eigenvalue weighted by Crippen LogP contribution is -2.58. The van der Waals surface area contributed by atoms with E-state index < -0.39 is 12.7 Å². The summed E-state index contributed by atoms with van der Waals surface area (Å²) in [6, 6.07) is 0.173. The molecule has 1 saturated carbocycles. The molecule has 0 aromatic carbocycles. The number of hydrogen-bond donors (Lipinski definition) is 1. The maximum Gasteiger partial charge on any atom is 0.401 e. The Hall–Kier alpha value is -0.290. The van der Waals surface area contributed by atoms with Crippen molar-refractivity contribution >= 4 is 0 Å². The number of nitrogens with zero attached hydrogens (tertiary/aromatic N) is 1. The molecule has 1 aliphatic carbocycles. The number of alkyl halides is 3. The topological polar surface area (TPSA) is 15.3 Å². The van der Waals surface area contributed by atoms with Crippen LogP contribution in [0.4, 0.5) is 13.2 Å². The number of hydrogen-bond acceptors (Lipinski definition) is 2. The van der Waals surface area contributed by atoms with E-state index in [0.717, 1.165) is 32.2 Å². The first kappa shape index (κ1) is 18.8. The van der Waals surface area contributed by atoms with Gasteiger partial charge in [0.2, 0.25) is 0 Å². The summed E-state index contributed by atoms with van der Waals surface area (Å²) in [6.07, 6.45) is -0.345. The number of rotatable bonds is 7. The standard InChI is InChI=1S/C16H31F3N2/c1-5-7-20-14-10-12(3)9-13(4)15(14)21(8-6-2)11-16(17,18)19/h12-15,20H,5-11H2,1-4H3. The van der Waals surface area contributed by atoms with Crippen LogP contribution in [0.2, 0.25) is 0 Å². The van der Waals surface area contributed by atoms with Crippen molar-refractivity contribution in [1.29, 1.82) is 0 Å². The fraction of sp³-hybridized carbons (Fsp3) is 1.00. The van der Waals surface area contributed by atoms with E-state index in [0.29, 0.717) is 18.4 Å². The summed E-state index contributed by atoms with van der Waals surface area (Å²) in [4.78, 5) is 1.67. The van der Waals surface area contributed by atoms with Crippen molar-refractivity contribution in [1.82, 2.24) is 10.2 Å². The Labute approximate surface area is 127 Å². The van der Waals surface area contributed by atoms with Gasteiger partial charge in [0.05, 0.1) is 6.54 Å². The van der Waals surface area contributed by atoms with E-state index in [9.17, 15) is 13.2 Å². The molecule has 5 heteroatoms. The summed E-state index contributed by atoms with van der Waals surface area (Å²) in [6.45, 7) is 8.99. The van der Waals surface area contributed by atoms with Crippen molar-refractivity contribution in [2.45, 2.75) is 71.6 Å². The van der Waals surface area contributed by atoms with Gasteiger partial charge in [-0.3, -0.25) is 4.90 Å². The summed E-state index contributed by atoms with van der Waals surface area (Å²) in [7, 11) is 0. The molecule has 4 unspecified atom stereocenters. The smallest absolute Gasteiger partial charge is 0.312 e. The lowest BCUT2D eigenvalue weighted by Gasteiger charge is -2.46. The van der Waals surface area contributed by atoms with Gasteiger partial charge in [-0.25, -0.2) is 0 Å². The summed E-state index contributed by atoms with van der Waals surface area (Å²) in [5.74, 6) is 0.886. The first-order valence-electron chi connectivity index (χ1n) is 8.32. The SMILES string of the molecule is CCCNC1CC(C)CC(C)C1N(CCC)CC(F)(F)F. The van der Waals surface area contributed by atoms with E-state index in [1.807, 2.05) is 6.92 Å². The summed E-state index contributed by atoms with van der Waals surface area (Å²) in [5.41, 5.74) is 0. The quantitative estimate of drug-likeness (QED) is 0.763. The summed E-state index contributed by atoms with van der Waals surface area (Å²) < 4.78 is 38.7. The predicted octanol–water partition coefficient (Wildman–Crippen LogP) is 4.06. The van der Waals surface area contributed by atoms with E-state index in [2.05, 4.69) is 26.1 Å². The number of nitrogens with one attached hydrogen (secondary N) is 1. The molecule has 1 N–H and O–H groups in total. The van der Waals surface area contributed by atoms with Crippen LogP contribution < -0.4 is 5.32 Å². The Morgan fingerprint density at radius 1 is 1.10 bits per heavy atom. The Bertz CT molecular complexity index is 294. The van der Waals surface area contributed by atoms with Gasteiger partial charge >= 0.3 is 6.18 Å². The van der Waals surface area contributed by atoms with Crippen LogP contribution in [0.5, 0.6) is 0 Å². The van der Waals surface area contributed by atoms with Crippen molar-refractivity contribution in [2.75, 3.05) is 19.6 Å². The highest BCUT2D eigenvalue weighted by Crippen LogP contribution is 2.34. The minimum Gasteiger partial charge on any atom is -0.312 e. The third-order valence-corrected chi connectivity index (χ3v) is 4.40. The fourth-order valence-electron chi connectivity index (χ4n) is 3.84. The highest BCUT2D eigenvalue weighted by molar-refractivity contribution is 4.94. The van der Waals surface area contributed by atoms with Crippen molar-refractivity contribution in [2.24, 2.45) is 11.8 Å². The molecule has 126 valence electrons. The molecule has 0 saturated heterocycles. The van der Waals surface area contributed by atoms with E-state index in [1.54, 1.807) is 4.90 Å². The second kappa shape index (κ2) is 8.37. The van der Waals surface area contributed by atoms with Crippen molar-refractivity contribution in [3.8, 4) is 0 Å². The van der Waals surface area contributed by atoms with Gasteiger partial charge in [0.25, 0.3) is 0 Å². The van der Waals surface area contributed by atoms with Crippen molar-refractivity contribution < 1.29 is 13.2 Å². The zero-order valence-corrected chi connectivity index (χ0v) is 13.8. The molecule has 1 rings (SSSR count). The Morgan fingerprint density at radius 2 is 1.76 bits per heavy atom. The lowest BCUT2D eigenvalue weighted by atomic mass is 9.75. The average molecular weight is 308 g/mol. The molecule has 1 fully saturated rings. The predicted molar refractivity (Wildman–Crippen MR) is 81.4 cm³/mol.